The Morgan fingerprint density at radius 3 is 2.77 bits per heavy atom. The maximum absolute atomic E-state index is 12.8. The second kappa shape index (κ2) is 8.60. The molecule has 26 heavy (non-hydrogen) atoms. The summed E-state index contributed by atoms with van der Waals surface area (Å²) in [6.07, 6.45) is 0.881. The molecule has 2 aromatic rings. The highest BCUT2D eigenvalue weighted by Crippen LogP contribution is 2.29. The molecule has 0 unspecified atom stereocenters. The van der Waals surface area contributed by atoms with Crippen LogP contribution in [-0.4, -0.2) is 34.4 Å². The molecule has 0 aromatic heterocycles. The molecule has 1 heterocycles. The molecular formula is C20H21ClN2O2S. The van der Waals surface area contributed by atoms with Gasteiger partial charge in [-0.05, 0) is 55.3 Å². The van der Waals surface area contributed by atoms with E-state index in [9.17, 15) is 4.79 Å². The summed E-state index contributed by atoms with van der Waals surface area (Å²) in [4.78, 5) is 19.3. The zero-order valence-electron chi connectivity index (χ0n) is 14.8. The smallest absolute Gasteiger partial charge is 0.266 e. The molecule has 3 rings (SSSR count). The lowest BCUT2D eigenvalue weighted by atomic mass is 10.2. The average molecular weight is 389 g/mol. The predicted octanol–water partition coefficient (Wildman–Crippen LogP) is 5.07. The van der Waals surface area contributed by atoms with Crippen LogP contribution in [0.3, 0.4) is 0 Å². The van der Waals surface area contributed by atoms with Crippen molar-refractivity contribution in [3.63, 3.8) is 0 Å². The predicted molar refractivity (Wildman–Crippen MR) is 109 cm³/mol. The van der Waals surface area contributed by atoms with Crippen LogP contribution in [0.5, 0.6) is 5.75 Å². The number of carbonyl (C=O) groups is 1. The second-order valence-corrected chi connectivity index (χ2v) is 7.54. The molecule has 2 aromatic carbocycles. The Labute approximate surface area is 163 Å². The Balaban J connectivity index is 1.74. The molecule has 4 nitrogen and oxygen atoms in total. The van der Waals surface area contributed by atoms with Gasteiger partial charge < -0.3 is 4.74 Å². The zero-order valence-corrected chi connectivity index (χ0v) is 16.4. The van der Waals surface area contributed by atoms with E-state index in [0.29, 0.717) is 10.8 Å². The van der Waals surface area contributed by atoms with E-state index in [0.717, 1.165) is 28.6 Å². The molecule has 1 fully saturated rings. The Morgan fingerprint density at radius 1 is 1.31 bits per heavy atom. The molecule has 1 aliphatic rings. The molecule has 0 saturated carbocycles. The maximum atomic E-state index is 12.8. The molecule has 1 saturated heterocycles. The van der Waals surface area contributed by atoms with Gasteiger partial charge in [-0.3, -0.25) is 9.69 Å². The number of nitrogens with zero attached hydrogens (tertiary/aromatic N) is 2. The minimum Gasteiger partial charge on any atom is -0.484 e. The summed E-state index contributed by atoms with van der Waals surface area (Å²) < 4.78 is 5.63. The van der Waals surface area contributed by atoms with Crippen molar-refractivity contribution >= 4 is 40.1 Å². The lowest BCUT2D eigenvalue weighted by Gasteiger charge is -2.23. The normalized spacial score (nSPS) is 18.3. The van der Waals surface area contributed by atoms with Gasteiger partial charge in [0, 0.05) is 16.8 Å². The fourth-order valence-corrected chi connectivity index (χ4v) is 4.13. The SMILES string of the molecule is CC[C@@H]1CSC(=Nc2cccc(C)c2)N1C(=O)COc1ccc(Cl)cc1. The van der Waals surface area contributed by atoms with Crippen molar-refractivity contribution in [2.45, 2.75) is 26.3 Å². The van der Waals surface area contributed by atoms with E-state index in [2.05, 4.69) is 6.92 Å². The number of hydrogen-bond acceptors (Lipinski definition) is 4. The number of ether oxygens (including phenoxy) is 1. The molecule has 6 heteroatoms. The first kappa shape index (κ1) is 18.8. The number of amidine groups is 1. The third-order valence-electron chi connectivity index (χ3n) is 4.12. The number of benzene rings is 2. The Bertz CT molecular complexity index is 808. The van der Waals surface area contributed by atoms with Crippen molar-refractivity contribution in [3.05, 3.63) is 59.1 Å². The van der Waals surface area contributed by atoms with Crippen LogP contribution in [0, 0.1) is 6.92 Å². The lowest BCUT2D eigenvalue weighted by molar-refractivity contribution is -0.130. The summed E-state index contributed by atoms with van der Waals surface area (Å²) >= 11 is 7.49. The second-order valence-electron chi connectivity index (χ2n) is 6.11. The molecule has 0 bridgehead atoms. The van der Waals surface area contributed by atoms with Gasteiger partial charge in [-0.1, -0.05) is 42.4 Å². The first-order chi connectivity index (χ1) is 12.6. The Morgan fingerprint density at radius 2 is 2.08 bits per heavy atom. The van der Waals surface area contributed by atoms with Crippen LogP contribution in [0.1, 0.15) is 18.9 Å². The largest absolute Gasteiger partial charge is 0.484 e. The topological polar surface area (TPSA) is 41.9 Å². The number of aryl methyl sites for hydroxylation is 1. The number of carbonyl (C=O) groups excluding carboxylic acids is 1. The number of halogens is 1. The summed E-state index contributed by atoms with van der Waals surface area (Å²) in [5.41, 5.74) is 2.01. The zero-order chi connectivity index (χ0) is 18.5. The monoisotopic (exact) mass is 388 g/mol. The number of thioether (sulfide) groups is 1. The van der Waals surface area contributed by atoms with Crippen molar-refractivity contribution < 1.29 is 9.53 Å². The van der Waals surface area contributed by atoms with Gasteiger partial charge in [0.15, 0.2) is 11.8 Å². The van der Waals surface area contributed by atoms with Crippen molar-refractivity contribution in [2.24, 2.45) is 4.99 Å². The minimum absolute atomic E-state index is 0.0223. The van der Waals surface area contributed by atoms with Gasteiger partial charge in [0.2, 0.25) is 0 Å². The molecule has 0 spiro atoms. The molecule has 1 atom stereocenters. The van der Waals surface area contributed by atoms with E-state index in [1.807, 2.05) is 31.2 Å². The van der Waals surface area contributed by atoms with Gasteiger partial charge in [-0.15, -0.1) is 0 Å². The van der Waals surface area contributed by atoms with Gasteiger partial charge >= 0.3 is 0 Å². The van der Waals surface area contributed by atoms with Crippen molar-refractivity contribution in [2.75, 3.05) is 12.4 Å². The third kappa shape index (κ3) is 4.59. The minimum atomic E-state index is -0.0804. The average Bonchev–Trinajstić information content (AvgIpc) is 3.03. The van der Waals surface area contributed by atoms with E-state index in [1.165, 1.54) is 0 Å². The van der Waals surface area contributed by atoms with Crippen LogP contribution in [0.15, 0.2) is 53.5 Å². The third-order valence-corrected chi connectivity index (χ3v) is 5.47. The molecule has 0 N–H and O–H groups in total. The summed E-state index contributed by atoms with van der Waals surface area (Å²) in [5.74, 6) is 1.40. The van der Waals surface area contributed by atoms with Crippen molar-refractivity contribution in [3.8, 4) is 5.75 Å². The fraction of sp³-hybridized carbons (Fsp3) is 0.300. The molecule has 0 aliphatic carbocycles. The first-order valence-corrected chi connectivity index (χ1v) is 9.91. The van der Waals surface area contributed by atoms with Crippen LogP contribution in [-0.2, 0) is 4.79 Å². The van der Waals surface area contributed by atoms with Crippen LogP contribution in [0.4, 0.5) is 5.69 Å². The van der Waals surface area contributed by atoms with Crippen molar-refractivity contribution in [1.29, 1.82) is 0 Å². The van der Waals surface area contributed by atoms with E-state index in [1.54, 1.807) is 40.9 Å². The van der Waals surface area contributed by atoms with Gasteiger partial charge in [0.25, 0.3) is 5.91 Å². The fourth-order valence-electron chi connectivity index (χ4n) is 2.72. The van der Waals surface area contributed by atoms with E-state index in [4.69, 9.17) is 21.3 Å². The number of aliphatic imine (C=N–C) groups is 1. The molecule has 1 aliphatic heterocycles. The summed E-state index contributed by atoms with van der Waals surface area (Å²) in [5, 5.41) is 1.38. The molecule has 0 radical (unpaired) electrons. The van der Waals surface area contributed by atoms with E-state index >= 15 is 0 Å². The standard InChI is InChI=1S/C20H21ClN2O2S/c1-3-17-13-26-20(22-16-6-4-5-14(2)11-16)23(17)19(24)12-25-18-9-7-15(21)8-10-18/h4-11,17H,3,12-13H2,1-2H3/t17-/m1/s1. The highest BCUT2D eigenvalue weighted by atomic mass is 35.5. The summed E-state index contributed by atoms with van der Waals surface area (Å²) in [6.45, 7) is 4.09. The Hall–Kier alpha value is -1.98. The molecule has 1 amide bonds. The highest BCUT2D eigenvalue weighted by Gasteiger charge is 2.34. The number of rotatable bonds is 5. The molecule has 136 valence electrons. The Kier molecular flexibility index (Phi) is 6.22. The van der Waals surface area contributed by atoms with Crippen LogP contribution in [0.25, 0.3) is 0 Å². The van der Waals surface area contributed by atoms with E-state index in [-0.39, 0.29) is 18.6 Å². The molecular weight excluding hydrogens is 368 g/mol. The summed E-state index contributed by atoms with van der Waals surface area (Å²) in [7, 11) is 0. The van der Waals surface area contributed by atoms with E-state index < -0.39 is 0 Å². The van der Waals surface area contributed by atoms with Crippen LogP contribution in [0.2, 0.25) is 5.02 Å². The van der Waals surface area contributed by atoms with Crippen LogP contribution < -0.4 is 4.74 Å². The van der Waals surface area contributed by atoms with Crippen molar-refractivity contribution in [1.82, 2.24) is 4.90 Å². The van der Waals surface area contributed by atoms with Gasteiger partial charge in [0.1, 0.15) is 5.75 Å². The highest BCUT2D eigenvalue weighted by molar-refractivity contribution is 8.14. The number of hydrogen-bond donors (Lipinski definition) is 0. The van der Waals surface area contributed by atoms with Gasteiger partial charge in [-0.2, -0.15) is 0 Å². The maximum Gasteiger partial charge on any atom is 0.266 e. The number of amides is 1. The quantitative estimate of drug-likeness (QED) is 0.718. The van der Waals surface area contributed by atoms with Gasteiger partial charge in [0.05, 0.1) is 5.69 Å². The first-order valence-electron chi connectivity index (χ1n) is 8.55. The summed E-state index contributed by atoms with van der Waals surface area (Å²) in [6, 6.07) is 15.1. The van der Waals surface area contributed by atoms with Gasteiger partial charge in [-0.25, -0.2) is 4.99 Å². The van der Waals surface area contributed by atoms with Crippen LogP contribution >= 0.6 is 23.4 Å². The lowest BCUT2D eigenvalue weighted by Crippen LogP contribution is -2.41.